The maximum Gasteiger partial charge on any atom is 0.0759 e. The number of ether oxygens (including phenoxy) is 1. The molecule has 1 aliphatic heterocycles. The van der Waals surface area contributed by atoms with Crippen LogP contribution in [0.4, 0.5) is 0 Å². The normalized spacial score (nSPS) is 29.5. The van der Waals surface area contributed by atoms with Crippen LogP contribution in [-0.2, 0) is 4.74 Å². The lowest BCUT2D eigenvalue weighted by Gasteiger charge is -2.39. The minimum atomic E-state index is 0.366. The molecule has 2 fully saturated rings. The van der Waals surface area contributed by atoms with E-state index in [0.717, 1.165) is 5.92 Å². The zero-order valence-electron chi connectivity index (χ0n) is 11.6. The third-order valence-electron chi connectivity index (χ3n) is 4.29. The van der Waals surface area contributed by atoms with Crippen molar-refractivity contribution in [1.29, 1.82) is 0 Å². The second kappa shape index (κ2) is 6.75. The van der Waals surface area contributed by atoms with Gasteiger partial charge in [-0.15, -0.1) is 0 Å². The number of hydrogen-bond acceptors (Lipinski definition) is 2. The third kappa shape index (κ3) is 3.96. The van der Waals surface area contributed by atoms with E-state index in [4.69, 9.17) is 4.74 Å². The van der Waals surface area contributed by atoms with Crippen molar-refractivity contribution in [3.05, 3.63) is 0 Å². The molecule has 1 heterocycles. The first-order valence-electron chi connectivity index (χ1n) is 7.66. The second-order valence-electron chi connectivity index (χ2n) is 6.10. The van der Waals surface area contributed by atoms with Crippen molar-refractivity contribution >= 4 is 0 Å². The molecule has 1 saturated carbocycles. The summed E-state index contributed by atoms with van der Waals surface area (Å²) < 4.78 is 6.27. The summed E-state index contributed by atoms with van der Waals surface area (Å²) in [6, 6.07) is 0.620. The summed E-state index contributed by atoms with van der Waals surface area (Å²) in [5.74, 6) is 0.807. The Morgan fingerprint density at radius 3 is 2.24 bits per heavy atom. The van der Waals surface area contributed by atoms with Gasteiger partial charge in [-0.2, -0.15) is 0 Å². The lowest BCUT2D eigenvalue weighted by atomic mass is 9.80. The van der Waals surface area contributed by atoms with Crippen LogP contribution < -0.4 is 5.32 Å². The topological polar surface area (TPSA) is 21.3 Å². The van der Waals surface area contributed by atoms with Gasteiger partial charge in [0.1, 0.15) is 0 Å². The van der Waals surface area contributed by atoms with Gasteiger partial charge >= 0.3 is 0 Å². The summed E-state index contributed by atoms with van der Waals surface area (Å²) in [6.07, 6.45) is 11.9. The van der Waals surface area contributed by atoms with Gasteiger partial charge in [0.25, 0.3) is 0 Å². The number of piperidine rings is 1. The van der Waals surface area contributed by atoms with Crippen LogP contribution in [0, 0.1) is 5.92 Å². The Hall–Kier alpha value is -0.0800. The summed E-state index contributed by atoms with van der Waals surface area (Å²) in [5.41, 5.74) is 0. The van der Waals surface area contributed by atoms with Crippen LogP contribution in [0.25, 0.3) is 0 Å². The SMILES string of the molecule is CC(C)OC(C1CCCCC1)C1CCCCN1. The average molecular weight is 239 g/mol. The predicted molar refractivity (Wildman–Crippen MR) is 72.2 cm³/mol. The Morgan fingerprint density at radius 1 is 0.941 bits per heavy atom. The second-order valence-corrected chi connectivity index (χ2v) is 6.10. The highest BCUT2D eigenvalue weighted by atomic mass is 16.5. The first-order chi connectivity index (χ1) is 8.27. The lowest BCUT2D eigenvalue weighted by molar-refractivity contribution is -0.0597. The monoisotopic (exact) mass is 239 g/mol. The van der Waals surface area contributed by atoms with Crippen LogP contribution in [-0.4, -0.2) is 24.8 Å². The molecule has 0 radical (unpaired) electrons. The van der Waals surface area contributed by atoms with Gasteiger partial charge in [-0.05, 0) is 52.0 Å². The molecule has 17 heavy (non-hydrogen) atoms. The number of nitrogens with one attached hydrogen (secondary N) is 1. The van der Waals surface area contributed by atoms with Crippen molar-refractivity contribution < 1.29 is 4.74 Å². The van der Waals surface area contributed by atoms with E-state index in [1.54, 1.807) is 0 Å². The summed E-state index contributed by atoms with van der Waals surface area (Å²) in [6.45, 7) is 5.55. The molecule has 0 amide bonds. The van der Waals surface area contributed by atoms with Crippen LogP contribution >= 0.6 is 0 Å². The molecule has 2 heteroatoms. The van der Waals surface area contributed by atoms with E-state index < -0.39 is 0 Å². The maximum atomic E-state index is 6.27. The highest BCUT2D eigenvalue weighted by molar-refractivity contribution is 4.87. The first kappa shape index (κ1) is 13.4. The molecule has 0 bridgehead atoms. The summed E-state index contributed by atoms with van der Waals surface area (Å²) in [5, 5.41) is 3.70. The fourth-order valence-electron chi connectivity index (χ4n) is 3.47. The summed E-state index contributed by atoms with van der Waals surface area (Å²) >= 11 is 0. The maximum absolute atomic E-state index is 6.27. The van der Waals surface area contributed by atoms with E-state index in [1.807, 2.05) is 0 Å². The Bertz CT molecular complexity index is 187. The Balaban J connectivity index is 1.95. The smallest absolute Gasteiger partial charge is 0.0759 e. The van der Waals surface area contributed by atoms with Crippen LogP contribution in [0.3, 0.4) is 0 Å². The zero-order valence-corrected chi connectivity index (χ0v) is 11.6. The van der Waals surface area contributed by atoms with Crippen molar-refractivity contribution in [1.82, 2.24) is 5.32 Å². The van der Waals surface area contributed by atoms with Gasteiger partial charge in [0.2, 0.25) is 0 Å². The molecule has 0 aromatic heterocycles. The Morgan fingerprint density at radius 2 is 1.65 bits per heavy atom. The van der Waals surface area contributed by atoms with Gasteiger partial charge in [-0.25, -0.2) is 0 Å². The zero-order chi connectivity index (χ0) is 12.1. The molecule has 1 saturated heterocycles. The average Bonchev–Trinajstić information content (AvgIpc) is 2.38. The molecule has 2 rings (SSSR count). The van der Waals surface area contributed by atoms with E-state index >= 15 is 0 Å². The van der Waals surface area contributed by atoms with Crippen molar-refractivity contribution in [2.24, 2.45) is 5.92 Å². The molecular formula is C15H29NO. The molecule has 2 aliphatic rings. The highest BCUT2D eigenvalue weighted by Crippen LogP contribution is 2.32. The molecular weight excluding hydrogens is 210 g/mol. The minimum absolute atomic E-state index is 0.366. The molecule has 2 nitrogen and oxygen atoms in total. The van der Waals surface area contributed by atoms with Gasteiger partial charge < -0.3 is 10.1 Å². The van der Waals surface area contributed by atoms with Crippen LogP contribution in [0.15, 0.2) is 0 Å². The fourth-order valence-corrected chi connectivity index (χ4v) is 3.47. The third-order valence-corrected chi connectivity index (χ3v) is 4.29. The van der Waals surface area contributed by atoms with Crippen molar-refractivity contribution in [3.63, 3.8) is 0 Å². The van der Waals surface area contributed by atoms with Crippen molar-refractivity contribution in [2.45, 2.75) is 83.5 Å². The quantitative estimate of drug-likeness (QED) is 0.810. The van der Waals surface area contributed by atoms with E-state index in [2.05, 4.69) is 19.2 Å². The predicted octanol–water partition coefficient (Wildman–Crippen LogP) is 3.50. The standard InChI is InChI=1S/C15H29NO/c1-12(2)17-15(13-8-4-3-5-9-13)14-10-6-7-11-16-14/h12-16H,3-11H2,1-2H3. The Labute approximate surface area is 107 Å². The van der Waals surface area contributed by atoms with E-state index in [1.165, 1.54) is 57.9 Å². The van der Waals surface area contributed by atoms with Crippen molar-refractivity contribution in [2.75, 3.05) is 6.54 Å². The molecule has 2 atom stereocenters. The van der Waals surface area contributed by atoms with E-state index in [9.17, 15) is 0 Å². The Kier molecular flexibility index (Phi) is 5.30. The summed E-state index contributed by atoms with van der Waals surface area (Å²) in [7, 11) is 0. The van der Waals surface area contributed by atoms with Crippen molar-refractivity contribution in [3.8, 4) is 0 Å². The molecule has 2 unspecified atom stereocenters. The fraction of sp³-hybridized carbons (Fsp3) is 1.00. The molecule has 0 aromatic rings. The van der Waals surface area contributed by atoms with Crippen LogP contribution in [0.5, 0.6) is 0 Å². The molecule has 100 valence electrons. The molecule has 1 N–H and O–H groups in total. The number of hydrogen-bond donors (Lipinski definition) is 1. The first-order valence-corrected chi connectivity index (χ1v) is 7.66. The van der Waals surface area contributed by atoms with Crippen LogP contribution in [0.1, 0.15) is 65.2 Å². The van der Waals surface area contributed by atoms with Crippen LogP contribution in [0.2, 0.25) is 0 Å². The minimum Gasteiger partial charge on any atom is -0.374 e. The lowest BCUT2D eigenvalue weighted by Crippen LogP contribution is -2.49. The van der Waals surface area contributed by atoms with Gasteiger partial charge in [-0.3, -0.25) is 0 Å². The van der Waals surface area contributed by atoms with E-state index in [-0.39, 0.29) is 0 Å². The van der Waals surface area contributed by atoms with Gasteiger partial charge in [0.15, 0.2) is 0 Å². The van der Waals surface area contributed by atoms with Gasteiger partial charge in [0.05, 0.1) is 12.2 Å². The molecule has 0 aromatic carbocycles. The largest absolute Gasteiger partial charge is 0.374 e. The highest BCUT2D eigenvalue weighted by Gasteiger charge is 2.32. The van der Waals surface area contributed by atoms with Gasteiger partial charge in [-0.1, -0.05) is 25.7 Å². The van der Waals surface area contributed by atoms with E-state index in [0.29, 0.717) is 18.2 Å². The van der Waals surface area contributed by atoms with Gasteiger partial charge in [0, 0.05) is 6.04 Å². The number of rotatable bonds is 4. The summed E-state index contributed by atoms with van der Waals surface area (Å²) in [4.78, 5) is 0. The molecule has 1 aliphatic carbocycles. The molecule has 0 spiro atoms.